The Balaban J connectivity index is 1.47. The Bertz CT molecular complexity index is 516. The van der Waals surface area contributed by atoms with Gasteiger partial charge in [-0.1, -0.05) is 0 Å². The van der Waals surface area contributed by atoms with Crippen molar-refractivity contribution >= 4 is 11.9 Å². The third-order valence-corrected chi connectivity index (χ3v) is 4.30. The molecule has 1 N–H and O–H groups in total. The topological polar surface area (TPSA) is 70.6 Å². The highest BCUT2D eigenvalue weighted by atomic mass is 16.5. The molecule has 2 aliphatic heterocycles. The number of hydrogen-bond donors (Lipinski definition) is 1. The maximum absolute atomic E-state index is 12.5. The molecule has 3 atom stereocenters. The molecule has 2 saturated heterocycles. The van der Waals surface area contributed by atoms with Gasteiger partial charge in [0.25, 0.3) is 0 Å². The van der Waals surface area contributed by atoms with Crippen molar-refractivity contribution < 1.29 is 9.53 Å². The number of amides is 1. The second-order valence-electron chi connectivity index (χ2n) is 6.49. The lowest BCUT2D eigenvalue weighted by Gasteiger charge is -2.36. The quantitative estimate of drug-likeness (QED) is 0.876. The number of nitrogens with one attached hydrogen (secondary N) is 1. The first-order valence-electron chi connectivity index (χ1n) is 8.29. The number of morpholine rings is 1. The Morgan fingerprint density at radius 1 is 1.26 bits per heavy atom. The molecule has 0 bridgehead atoms. The van der Waals surface area contributed by atoms with Gasteiger partial charge in [0, 0.05) is 44.6 Å². The van der Waals surface area contributed by atoms with Crippen LogP contribution in [0.5, 0.6) is 0 Å². The first kappa shape index (κ1) is 16.1. The molecule has 2 aliphatic rings. The molecule has 1 aromatic heterocycles. The van der Waals surface area contributed by atoms with Gasteiger partial charge < -0.3 is 15.0 Å². The summed E-state index contributed by atoms with van der Waals surface area (Å²) in [6.45, 7) is 7.67. The minimum Gasteiger partial charge on any atom is -0.372 e. The largest absolute Gasteiger partial charge is 0.372 e. The van der Waals surface area contributed by atoms with E-state index in [4.69, 9.17) is 4.74 Å². The predicted molar refractivity (Wildman–Crippen MR) is 87.1 cm³/mol. The van der Waals surface area contributed by atoms with Crippen LogP contribution in [0.2, 0.25) is 0 Å². The standard InChI is InChI=1S/C16H25N5O2/c1-12-8-21(9-13(2)23-12)15(22)11-20-7-4-14(10-20)19-16-17-5-3-6-18-16/h3,5-6,12-14H,4,7-11H2,1-2H3,(H,17,18,19). The first-order valence-corrected chi connectivity index (χ1v) is 8.29. The summed E-state index contributed by atoms with van der Waals surface area (Å²) in [5, 5.41) is 3.33. The molecule has 0 aliphatic carbocycles. The SMILES string of the molecule is CC1CN(C(=O)CN2CCC(Nc3ncccn3)C2)CC(C)O1. The number of anilines is 1. The molecule has 1 aromatic rings. The molecule has 0 saturated carbocycles. The van der Waals surface area contributed by atoms with E-state index in [0.717, 1.165) is 19.5 Å². The molecule has 0 spiro atoms. The van der Waals surface area contributed by atoms with Gasteiger partial charge in [0.05, 0.1) is 18.8 Å². The Kier molecular flexibility index (Phi) is 5.07. The number of hydrogen-bond acceptors (Lipinski definition) is 6. The minimum atomic E-state index is 0.117. The van der Waals surface area contributed by atoms with Gasteiger partial charge in [-0.25, -0.2) is 9.97 Å². The lowest BCUT2D eigenvalue weighted by molar-refractivity contribution is -0.144. The van der Waals surface area contributed by atoms with Crippen molar-refractivity contribution in [3.63, 3.8) is 0 Å². The molecular formula is C16H25N5O2. The van der Waals surface area contributed by atoms with Gasteiger partial charge in [0.1, 0.15) is 0 Å². The van der Waals surface area contributed by atoms with Crippen molar-refractivity contribution in [2.45, 2.75) is 38.5 Å². The van der Waals surface area contributed by atoms with Crippen LogP contribution in [0.25, 0.3) is 0 Å². The van der Waals surface area contributed by atoms with E-state index in [1.807, 2.05) is 18.7 Å². The number of nitrogens with zero attached hydrogens (tertiary/aromatic N) is 4. The van der Waals surface area contributed by atoms with Crippen molar-refractivity contribution in [2.75, 3.05) is 38.0 Å². The number of carbonyl (C=O) groups is 1. The zero-order valence-electron chi connectivity index (χ0n) is 13.8. The maximum atomic E-state index is 12.5. The zero-order valence-corrected chi connectivity index (χ0v) is 13.8. The van der Waals surface area contributed by atoms with E-state index in [1.165, 1.54) is 0 Å². The Hall–Kier alpha value is -1.73. The number of carbonyl (C=O) groups excluding carboxylic acids is 1. The van der Waals surface area contributed by atoms with Crippen LogP contribution >= 0.6 is 0 Å². The Morgan fingerprint density at radius 3 is 2.65 bits per heavy atom. The summed E-state index contributed by atoms with van der Waals surface area (Å²) in [6, 6.07) is 2.10. The smallest absolute Gasteiger partial charge is 0.236 e. The third kappa shape index (κ3) is 4.39. The molecule has 7 heteroatoms. The van der Waals surface area contributed by atoms with E-state index in [9.17, 15) is 4.79 Å². The van der Waals surface area contributed by atoms with E-state index in [2.05, 4.69) is 20.2 Å². The molecule has 2 fully saturated rings. The van der Waals surface area contributed by atoms with Crippen molar-refractivity contribution in [1.29, 1.82) is 0 Å². The first-order chi connectivity index (χ1) is 11.1. The van der Waals surface area contributed by atoms with Crippen LogP contribution in [0.4, 0.5) is 5.95 Å². The summed E-state index contributed by atoms with van der Waals surface area (Å²) >= 11 is 0. The van der Waals surface area contributed by atoms with Crippen molar-refractivity contribution in [2.24, 2.45) is 0 Å². The average molecular weight is 319 g/mol. The summed E-state index contributed by atoms with van der Waals surface area (Å²) in [6.07, 6.45) is 4.69. The van der Waals surface area contributed by atoms with Crippen LogP contribution < -0.4 is 5.32 Å². The average Bonchev–Trinajstić information content (AvgIpc) is 2.94. The monoisotopic (exact) mass is 319 g/mol. The molecule has 23 heavy (non-hydrogen) atoms. The third-order valence-electron chi connectivity index (χ3n) is 4.30. The van der Waals surface area contributed by atoms with Gasteiger partial charge in [-0.15, -0.1) is 0 Å². The van der Waals surface area contributed by atoms with Crippen LogP contribution in [0.3, 0.4) is 0 Å². The molecule has 3 heterocycles. The van der Waals surface area contributed by atoms with Gasteiger partial charge in [-0.2, -0.15) is 0 Å². The van der Waals surface area contributed by atoms with Gasteiger partial charge in [0.2, 0.25) is 11.9 Å². The minimum absolute atomic E-state index is 0.117. The highest BCUT2D eigenvalue weighted by Gasteiger charge is 2.29. The lowest BCUT2D eigenvalue weighted by Crippen LogP contribution is -2.51. The predicted octanol–water partition coefficient (Wildman–Crippen LogP) is 0.599. The number of likely N-dealkylation sites (tertiary alicyclic amines) is 1. The fourth-order valence-electron chi connectivity index (χ4n) is 3.32. The zero-order chi connectivity index (χ0) is 16.2. The number of ether oxygens (including phenoxy) is 1. The van der Waals surface area contributed by atoms with Crippen molar-refractivity contribution in [1.82, 2.24) is 19.8 Å². The van der Waals surface area contributed by atoms with Crippen LogP contribution in [-0.4, -0.2) is 76.6 Å². The summed E-state index contributed by atoms with van der Waals surface area (Å²) in [5.74, 6) is 0.852. The van der Waals surface area contributed by atoms with Crippen LogP contribution in [-0.2, 0) is 9.53 Å². The van der Waals surface area contributed by atoms with Crippen molar-refractivity contribution in [3.8, 4) is 0 Å². The van der Waals surface area contributed by atoms with E-state index >= 15 is 0 Å². The number of aromatic nitrogens is 2. The number of rotatable bonds is 4. The molecule has 7 nitrogen and oxygen atoms in total. The summed E-state index contributed by atoms with van der Waals surface area (Å²) in [5.41, 5.74) is 0. The summed E-state index contributed by atoms with van der Waals surface area (Å²) in [7, 11) is 0. The van der Waals surface area contributed by atoms with Gasteiger partial charge in [-0.05, 0) is 26.3 Å². The van der Waals surface area contributed by atoms with E-state index in [1.54, 1.807) is 18.5 Å². The fraction of sp³-hybridized carbons (Fsp3) is 0.688. The lowest BCUT2D eigenvalue weighted by atomic mass is 10.2. The van der Waals surface area contributed by atoms with E-state index in [-0.39, 0.29) is 18.1 Å². The molecular weight excluding hydrogens is 294 g/mol. The van der Waals surface area contributed by atoms with Crippen LogP contribution in [0.1, 0.15) is 20.3 Å². The molecule has 0 aromatic carbocycles. The molecule has 1 amide bonds. The van der Waals surface area contributed by atoms with Crippen molar-refractivity contribution in [3.05, 3.63) is 18.5 Å². The Morgan fingerprint density at radius 2 is 1.96 bits per heavy atom. The molecule has 3 rings (SSSR count). The van der Waals surface area contributed by atoms with Crippen LogP contribution in [0, 0.1) is 0 Å². The van der Waals surface area contributed by atoms with Gasteiger partial charge in [-0.3, -0.25) is 9.69 Å². The van der Waals surface area contributed by atoms with E-state index in [0.29, 0.717) is 31.6 Å². The van der Waals surface area contributed by atoms with Gasteiger partial charge >= 0.3 is 0 Å². The normalized spacial score (nSPS) is 28.8. The molecule has 126 valence electrons. The van der Waals surface area contributed by atoms with Crippen LogP contribution in [0.15, 0.2) is 18.5 Å². The summed E-state index contributed by atoms with van der Waals surface area (Å²) < 4.78 is 5.69. The second kappa shape index (κ2) is 7.23. The van der Waals surface area contributed by atoms with Gasteiger partial charge in [0.15, 0.2) is 0 Å². The fourth-order valence-corrected chi connectivity index (χ4v) is 3.32. The molecule has 0 radical (unpaired) electrons. The highest BCUT2D eigenvalue weighted by Crippen LogP contribution is 2.15. The van der Waals surface area contributed by atoms with E-state index < -0.39 is 0 Å². The Labute approximate surface area is 137 Å². The second-order valence-corrected chi connectivity index (χ2v) is 6.49. The molecule has 3 unspecified atom stereocenters. The summed E-state index contributed by atoms with van der Waals surface area (Å²) in [4.78, 5) is 25.0. The highest BCUT2D eigenvalue weighted by molar-refractivity contribution is 5.78. The maximum Gasteiger partial charge on any atom is 0.236 e.